The van der Waals surface area contributed by atoms with Gasteiger partial charge in [-0.05, 0) is 70.3 Å². The molecule has 4 aromatic rings. The van der Waals surface area contributed by atoms with Gasteiger partial charge in [0.05, 0.1) is 0 Å². The minimum absolute atomic E-state index is 0.0797. The van der Waals surface area contributed by atoms with Gasteiger partial charge < -0.3 is 0 Å². The summed E-state index contributed by atoms with van der Waals surface area (Å²) in [6.07, 6.45) is 2.20. The molecule has 2 aliphatic carbocycles. The van der Waals surface area contributed by atoms with E-state index in [1.165, 1.54) is 50.1 Å². The largest absolute Gasteiger partial charge is 0.0620 e. The van der Waals surface area contributed by atoms with Crippen LogP contribution in [-0.2, 0) is 18.3 Å². The van der Waals surface area contributed by atoms with Crippen molar-refractivity contribution in [1.29, 1.82) is 0 Å². The van der Waals surface area contributed by atoms with Gasteiger partial charge in [0.1, 0.15) is 0 Å². The molecule has 0 N–H and O–H groups in total. The Bertz CT molecular complexity index is 1190. The lowest BCUT2D eigenvalue weighted by Crippen LogP contribution is -2.25. The van der Waals surface area contributed by atoms with E-state index in [1.807, 2.05) is 0 Å². The molecule has 6 rings (SSSR count). The molecule has 0 heterocycles. The number of fused-ring (bicyclic) bond motifs is 6. The van der Waals surface area contributed by atoms with Gasteiger partial charge in [0.15, 0.2) is 0 Å². The summed E-state index contributed by atoms with van der Waals surface area (Å²) in [7, 11) is 0. The maximum atomic E-state index is 2.46. The Morgan fingerprint density at radius 2 is 1.18 bits per heavy atom. The molecule has 0 heteroatoms. The van der Waals surface area contributed by atoms with Crippen LogP contribution in [0.25, 0.3) is 22.3 Å². The third-order valence-corrected chi connectivity index (χ3v) is 6.76. The van der Waals surface area contributed by atoms with E-state index in [4.69, 9.17) is 0 Å². The Morgan fingerprint density at radius 1 is 0.571 bits per heavy atom. The Kier molecular flexibility index (Phi) is 3.23. The first-order valence-corrected chi connectivity index (χ1v) is 10.1. The molecule has 0 unspecified atom stereocenters. The van der Waals surface area contributed by atoms with Crippen LogP contribution in [0.15, 0.2) is 91.0 Å². The average Bonchev–Trinajstić information content (AvgIpc) is 3.25. The summed E-state index contributed by atoms with van der Waals surface area (Å²) in [6, 6.07) is 34.0. The van der Waals surface area contributed by atoms with Crippen LogP contribution in [0.4, 0.5) is 0 Å². The van der Waals surface area contributed by atoms with Crippen LogP contribution in [0.2, 0.25) is 0 Å². The third-order valence-electron chi connectivity index (χ3n) is 6.76. The summed E-state index contributed by atoms with van der Waals surface area (Å²) < 4.78 is 0. The van der Waals surface area contributed by atoms with Gasteiger partial charge in [0.25, 0.3) is 0 Å². The highest BCUT2D eigenvalue weighted by molar-refractivity contribution is 5.85. The highest BCUT2D eigenvalue weighted by Gasteiger charge is 2.46. The first kappa shape index (κ1) is 15.9. The molecule has 0 fully saturated rings. The van der Waals surface area contributed by atoms with Gasteiger partial charge in [-0.1, -0.05) is 90.5 Å². The zero-order chi connectivity index (χ0) is 18.7. The molecule has 0 aromatic heterocycles. The summed E-state index contributed by atoms with van der Waals surface area (Å²) in [6.45, 7) is 2.15. The minimum Gasteiger partial charge on any atom is -0.0620 e. The molecule has 0 nitrogen and oxygen atoms in total. The normalized spacial score (nSPS) is 15.3. The van der Waals surface area contributed by atoms with Crippen LogP contribution in [0, 0.1) is 6.92 Å². The standard InChI is InChI=1S/C28H22/c1-19-10-12-20(13-11-19)21-14-15-25-24-8-4-5-9-26(24)28(27(25)16-21)17-22-6-2-3-7-23(22)18-28/h2-16H,17-18H2,1H3. The van der Waals surface area contributed by atoms with Crippen LogP contribution >= 0.6 is 0 Å². The van der Waals surface area contributed by atoms with Gasteiger partial charge in [-0.3, -0.25) is 0 Å². The number of benzene rings is 4. The van der Waals surface area contributed by atoms with E-state index in [9.17, 15) is 0 Å². The molecule has 0 amide bonds. The summed E-state index contributed by atoms with van der Waals surface area (Å²) in [5.74, 6) is 0. The number of hydrogen-bond acceptors (Lipinski definition) is 0. The fraction of sp³-hybridized carbons (Fsp3) is 0.143. The van der Waals surface area contributed by atoms with E-state index in [0.29, 0.717) is 0 Å². The fourth-order valence-corrected chi connectivity index (χ4v) is 5.38. The maximum absolute atomic E-state index is 2.46. The number of aryl methyl sites for hydroxylation is 1. The average molecular weight is 358 g/mol. The van der Waals surface area contributed by atoms with Crippen molar-refractivity contribution >= 4 is 0 Å². The Labute approximate surface area is 166 Å². The van der Waals surface area contributed by atoms with Gasteiger partial charge in [-0.2, -0.15) is 0 Å². The predicted octanol–water partition coefficient (Wildman–Crippen LogP) is 6.73. The summed E-state index contributed by atoms with van der Waals surface area (Å²) in [4.78, 5) is 0. The molecular weight excluding hydrogens is 336 g/mol. The third kappa shape index (κ3) is 2.12. The van der Waals surface area contributed by atoms with Crippen LogP contribution in [0.5, 0.6) is 0 Å². The van der Waals surface area contributed by atoms with Crippen LogP contribution < -0.4 is 0 Å². The second-order valence-corrected chi connectivity index (χ2v) is 8.38. The maximum Gasteiger partial charge on any atom is 0.0296 e. The van der Waals surface area contributed by atoms with Gasteiger partial charge in [-0.15, -0.1) is 0 Å². The molecular formula is C28H22. The van der Waals surface area contributed by atoms with Crippen molar-refractivity contribution in [3.63, 3.8) is 0 Å². The summed E-state index contributed by atoms with van der Waals surface area (Å²) in [5, 5.41) is 0. The molecule has 134 valence electrons. The van der Waals surface area contributed by atoms with Crippen molar-refractivity contribution in [1.82, 2.24) is 0 Å². The van der Waals surface area contributed by atoms with Gasteiger partial charge in [0.2, 0.25) is 0 Å². The fourth-order valence-electron chi connectivity index (χ4n) is 5.38. The zero-order valence-corrected chi connectivity index (χ0v) is 16.1. The first-order chi connectivity index (χ1) is 13.7. The number of hydrogen-bond donors (Lipinski definition) is 0. The predicted molar refractivity (Wildman–Crippen MR) is 117 cm³/mol. The smallest absolute Gasteiger partial charge is 0.0296 e. The van der Waals surface area contributed by atoms with Crippen molar-refractivity contribution < 1.29 is 0 Å². The Morgan fingerprint density at radius 3 is 1.93 bits per heavy atom. The van der Waals surface area contributed by atoms with Crippen molar-refractivity contribution in [2.75, 3.05) is 0 Å². The van der Waals surface area contributed by atoms with Gasteiger partial charge >= 0.3 is 0 Å². The van der Waals surface area contributed by atoms with Crippen LogP contribution in [0.1, 0.15) is 27.8 Å². The minimum atomic E-state index is 0.0797. The monoisotopic (exact) mass is 358 g/mol. The van der Waals surface area contributed by atoms with E-state index in [2.05, 4.69) is 97.9 Å². The summed E-state index contributed by atoms with van der Waals surface area (Å²) >= 11 is 0. The lowest BCUT2D eigenvalue weighted by Gasteiger charge is -2.27. The zero-order valence-electron chi connectivity index (χ0n) is 16.1. The van der Waals surface area contributed by atoms with Crippen molar-refractivity contribution in [3.8, 4) is 22.3 Å². The second kappa shape index (κ2) is 5.69. The van der Waals surface area contributed by atoms with Crippen molar-refractivity contribution in [3.05, 3.63) is 119 Å². The molecule has 0 saturated heterocycles. The van der Waals surface area contributed by atoms with E-state index >= 15 is 0 Å². The molecule has 0 atom stereocenters. The Balaban J connectivity index is 1.58. The van der Waals surface area contributed by atoms with E-state index in [1.54, 1.807) is 0 Å². The SMILES string of the molecule is Cc1ccc(-c2ccc3c(c2)C2(Cc4ccccc4C2)c2ccccc2-3)cc1. The van der Waals surface area contributed by atoms with Crippen LogP contribution in [0.3, 0.4) is 0 Å². The molecule has 1 spiro atoms. The quantitative estimate of drug-likeness (QED) is 0.354. The first-order valence-electron chi connectivity index (χ1n) is 10.1. The molecule has 28 heavy (non-hydrogen) atoms. The van der Waals surface area contributed by atoms with E-state index in [0.717, 1.165) is 12.8 Å². The van der Waals surface area contributed by atoms with E-state index in [-0.39, 0.29) is 5.41 Å². The van der Waals surface area contributed by atoms with E-state index < -0.39 is 0 Å². The Hall–Kier alpha value is -3.12. The topological polar surface area (TPSA) is 0 Å². The molecule has 4 aromatic carbocycles. The van der Waals surface area contributed by atoms with Crippen molar-refractivity contribution in [2.45, 2.75) is 25.2 Å². The van der Waals surface area contributed by atoms with Crippen molar-refractivity contribution in [2.24, 2.45) is 0 Å². The molecule has 2 aliphatic rings. The molecule has 0 aliphatic heterocycles. The summed E-state index contributed by atoms with van der Waals surface area (Å²) in [5.41, 5.74) is 12.9. The van der Waals surface area contributed by atoms with Crippen LogP contribution in [-0.4, -0.2) is 0 Å². The molecule has 0 bridgehead atoms. The lowest BCUT2D eigenvalue weighted by molar-refractivity contribution is 0.564. The van der Waals surface area contributed by atoms with Gasteiger partial charge in [0, 0.05) is 5.41 Å². The number of rotatable bonds is 1. The van der Waals surface area contributed by atoms with Gasteiger partial charge in [-0.25, -0.2) is 0 Å². The highest BCUT2D eigenvalue weighted by atomic mass is 14.5. The lowest BCUT2D eigenvalue weighted by atomic mass is 9.75. The molecule has 0 radical (unpaired) electrons. The molecule has 0 saturated carbocycles. The highest BCUT2D eigenvalue weighted by Crippen LogP contribution is 2.55. The second-order valence-electron chi connectivity index (χ2n) is 8.38.